The number of pyridine rings is 1. The number of ether oxygens (including phenoxy) is 1. The molecule has 1 aromatic heterocycles. The number of aromatic nitrogens is 1. The van der Waals surface area contributed by atoms with Crippen LogP contribution in [0, 0.1) is 6.92 Å². The molecule has 0 saturated heterocycles. The van der Waals surface area contributed by atoms with Crippen LogP contribution >= 0.6 is 0 Å². The third-order valence-electron chi connectivity index (χ3n) is 1.72. The van der Waals surface area contributed by atoms with Crippen molar-refractivity contribution in [2.45, 2.75) is 20.3 Å². The lowest BCUT2D eigenvalue weighted by atomic mass is 10.1. The van der Waals surface area contributed by atoms with E-state index in [1.807, 2.05) is 13.8 Å². The van der Waals surface area contributed by atoms with Crippen LogP contribution in [0.5, 0.6) is 5.88 Å². The number of carboxylic acids is 1. The van der Waals surface area contributed by atoms with Crippen LogP contribution in [0.25, 0.3) is 0 Å². The van der Waals surface area contributed by atoms with E-state index in [9.17, 15) is 4.79 Å². The number of rotatable bonds is 4. The molecule has 76 valence electrons. The Balaban J connectivity index is 2.83. The third-order valence-corrected chi connectivity index (χ3v) is 1.72. The van der Waals surface area contributed by atoms with Crippen molar-refractivity contribution in [3.63, 3.8) is 0 Å². The average molecular weight is 195 g/mol. The molecule has 4 heteroatoms. The second-order valence-corrected chi connectivity index (χ2v) is 2.97. The van der Waals surface area contributed by atoms with Gasteiger partial charge in [-0.15, -0.1) is 0 Å². The van der Waals surface area contributed by atoms with Crippen LogP contribution in [0.1, 0.15) is 18.1 Å². The number of hydrogen-bond donors (Lipinski definition) is 1. The lowest BCUT2D eigenvalue weighted by Crippen LogP contribution is -2.03. The van der Waals surface area contributed by atoms with Gasteiger partial charge in [0.1, 0.15) is 0 Å². The maximum absolute atomic E-state index is 10.4. The first-order valence-corrected chi connectivity index (χ1v) is 4.43. The fourth-order valence-electron chi connectivity index (χ4n) is 1.18. The fraction of sp³-hybridized carbons (Fsp3) is 0.400. The minimum atomic E-state index is -0.852. The molecule has 1 aromatic rings. The topological polar surface area (TPSA) is 59.4 Å². The van der Waals surface area contributed by atoms with Crippen LogP contribution in [0.4, 0.5) is 0 Å². The van der Waals surface area contributed by atoms with Crippen molar-refractivity contribution >= 4 is 5.97 Å². The van der Waals surface area contributed by atoms with Gasteiger partial charge in [-0.2, -0.15) is 0 Å². The summed E-state index contributed by atoms with van der Waals surface area (Å²) in [7, 11) is 0. The fourth-order valence-corrected chi connectivity index (χ4v) is 1.18. The highest BCUT2D eigenvalue weighted by Crippen LogP contribution is 2.15. The number of carbonyl (C=O) groups is 1. The molecule has 14 heavy (non-hydrogen) atoms. The molecule has 0 unspecified atom stereocenters. The van der Waals surface area contributed by atoms with Crippen LogP contribution in [-0.4, -0.2) is 22.7 Å². The summed E-state index contributed by atoms with van der Waals surface area (Å²) in [5.74, 6) is -0.281. The molecular weight excluding hydrogens is 182 g/mol. The van der Waals surface area contributed by atoms with E-state index in [1.54, 1.807) is 6.07 Å². The quantitative estimate of drug-likeness (QED) is 0.789. The second kappa shape index (κ2) is 4.60. The Kier molecular flexibility index (Phi) is 3.45. The Bertz CT molecular complexity index is 336. The van der Waals surface area contributed by atoms with Gasteiger partial charge in [-0.3, -0.25) is 4.79 Å². The normalized spacial score (nSPS) is 9.86. The van der Waals surface area contributed by atoms with Crippen LogP contribution in [0.3, 0.4) is 0 Å². The number of aliphatic carboxylic acids is 1. The van der Waals surface area contributed by atoms with Gasteiger partial charge in [0.2, 0.25) is 5.88 Å². The van der Waals surface area contributed by atoms with Crippen molar-refractivity contribution < 1.29 is 14.6 Å². The summed E-state index contributed by atoms with van der Waals surface area (Å²) in [6.45, 7) is 4.29. The Morgan fingerprint density at radius 2 is 2.36 bits per heavy atom. The molecule has 1 heterocycles. The molecule has 0 aliphatic carbocycles. The zero-order valence-electron chi connectivity index (χ0n) is 8.28. The molecule has 0 radical (unpaired) electrons. The first-order chi connectivity index (χ1) is 6.63. The van der Waals surface area contributed by atoms with E-state index >= 15 is 0 Å². The number of aryl methyl sites for hydroxylation is 1. The number of hydrogen-bond acceptors (Lipinski definition) is 3. The smallest absolute Gasteiger partial charge is 0.307 e. The summed E-state index contributed by atoms with van der Waals surface area (Å²) < 4.78 is 5.24. The Hall–Kier alpha value is -1.58. The van der Waals surface area contributed by atoms with E-state index in [0.717, 1.165) is 5.56 Å². The van der Waals surface area contributed by atoms with E-state index in [-0.39, 0.29) is 6.42 Å². The van der Waals surface area contributed by atoms with Gasteiger partial charge in [-0.25, -0.2) is 4.98 Å². The van der Waals surface area contributed by atoms with E-state index in [2.05, 4.69) is 4.98 Å². The molecule has 4 nitrogen and oxygen atoms in total. The summed E-state index contributed by atoms with van der Waals surface area (Å²) in [6.07, 6.45) is 1.53. The highest BCUT2D eigenvalue weighted by Gasteiger charge is 2.05. The average Bonchev–Trinajstić information content (AvgIpc) is 2.09. The number of carboxylic acid groups (broad SMARTS) is 1. The molecule has 0 aliphatic rings. The minimum absolute atomic E-state index is 0.000243. The zero-order valence-corrected chi connectivity index (χ0v) is 8.28. The number of nitrogens with zero attached hydrogens (tertiary/aromatic N) is 1. The molecule has 0 atom stereocenters. The van der Waals surface area contributed by atoms with Crippen molar-refractivity contribution in [1.29, 1.82) is 0 Å². The summed E-state index contributed by atoms with van der Waals surface area (Å²) in [5.41, 5.74) is 1.56. The highest BCUT2D eigenvalue weighted by atomic mass is 16.5. The van der Waals surface area contributed by atoms with E-state index in [1.165, 1.54) is 6.20 Å². The van der Waals surface area contributed by atoms with Crippen molar-refractivity contribution in [3.05, 3.63) is 23.4 Å². The second-order valence-electron chi connectivity index (χ2n) is 2.97. The first kappa shape index (κ1) is 10.5. The Labute approximate surface area is 82.5 Å². The predicted octanol–water partition coefficient (Wildman–Crippen LogP) is 1.42. The first-order valence-electron chi connectivity index (χ1n) is 4.43. The molecule has 0 amide bonds. The van der Waals surface area contributed by atoms with Gasteiger partial charge in [0.05, 0.1) is 13.0 Å². The summed E-state index contributed by atoms with van der Waals surface area (Å²) in [5, 5.41) is 8.57. The summed E-state index contributed by atoms with van der Waals surface area (Å²) >= 11 is 0. The lowest BCUT2D eigenvalue weighted by molar-refractivity contribution is -0.136. The molecule has 0 saturated carbocycles. The molecule has 1 rings (SSSR count). The van der Waals surface area contributed by atoms with Gasteiger partial charge >= 0.3 is 5.97 Å². The van der Waals surface area contributed by atoms with Crippen molar-refractivity contribution in [2.75, 3.05) is 6.61 Å². The molecule has 0 bridgehead atoms. The molecule has 0 aromatic carbocycles. The van der Waals surface area contributed by atoms with Crippen molar-refractivity contribution in [1.82, 2.24) is 4.98 Å². The monoisotopic (exact) mass is 195 g/mol. The highest BCUT2D eigenvalue weighted by molar-refractivity contribution is 5.70. The largest absolute Gasteiger partial charge is 0.481 e. The summed E-state index contributed by atoms with van der Waals surface area (Å²) in [6, 6.07) is 1.78. The maximum Gasteiger partial charge on any atom is 0.307 e. The van der Waals surface area contributed by atoms with Crippen LogP contribution in [-0.2, 0) is 11.2 Å². The van der Waals surface area contributed by atoms with Crippen LogP contribution in [0.15, 0.2) is 12.3 Å². The van der Waals surface area contributed by atoms with Crippen molar-refractivity contribution in [3.8, 4) is 5.88 Å². The van der Waals surface area contributed by atoms with E-state index < -0.39 is 5.97 Å². The van der Waals surface area contributed by atoms with Gasteiger partial charge in [0.15, 0.2) is 0 Å². The molecule has 0 fully saturated rings. The summed E-state index contributed by atoms with van der Waals surface area (Å²) in [4.78, 5) is 14.5. The molecule has 0 aliphatic heterocycles. The SMILES string of the molecule is CCOc1ncc(CC(=O)O)cc1C. The predicted molar refractivity (Wildman–Crippen MR) is 51.5 cm³/mol. The Morgan fingerprint density at radius 3 is 2.86 bits per heavy atom. The van der Waals surface area contributed by atoms with Crippen molar-refractivity contribution in [2.24, 2.45) is 0 Å². The van der Waals surface area contributed by atoms with Gasteiger partial charge < -0.3 is 9.84 Å². The van der Waals surface area contributed by atoms with Gasteiger partial charge in [-0.1, -0.05) is 0 Å². The van der Waals surface area contributed by atoms with Crippen LogP contribution in [0.2, 0.25) is 0 Å². The van der Waals surface area contributed by atoms with Gasteiger partial charge in [0, 0.05) is 11.8 Å². The van der Waals surface area contributed by atoms with E-state index in [4.69, 9.17) is 9.84 Å². The zero-order chi connectivity index (χ0) is 10.6. The standard InChI is InChI=1S/C10H13NO3/c1-3-14-10-7(2)4-8(6-11-10)5-9(12)13/h4,6H,3,5H2,1-2H3,(H,12,13). The molecule has 1 N–H and O–H groups in total. The maximum atomic E-state index is 10.4. The van der Waals surface area contributed by atoms with Gasteiger partial charge in [-0.05, 0) is 25.5 Å². The van der Waals surface area contributed by atoms with Crippen LogP contribution < -0.4 is 4.74 Å². The van der Waals surface area contributed by atoms with E-state index in [0.29, 0.717) is 18.1 Å². The Morgan fingerprint density at radius 1 is 1.64 bits per heavy atom. The van der Waals surface area contributed by atoms with Gasteiger partial charge in [0.25, 0.3) is 0 Å². The third kappa shape index (κ3) is 2.73. The minimum Gasteiger partial charge on any atom is -0.481 e. The molecular formula is C10H13NO3. The lowest BCUT2D eigenvalue weighted by Gasteiger charge is -2.06. The molecule has 0 spiro atoms.